The van der Waals surface area contributed by atoms with Crippen LogP contribution in [0.1, 0.15) is 12.5 Å². The van der Waals surface area contributed by atoms with Gasteiger partial charge in [0.05, 0.1) is 0 Å². The zero-order chi connectivity index (χ0) is 14.4. The van der Waals surface area contributed by atoms with Gasteiger partial charge in [0.15, 0.2) is 0 Å². The number of carbonyl (C=O) groups is 1. The minimum atomic E-state index is 0.0530. The summed E-state index contributed by atoms with van der Waals surface area (Å²) in [4.78, 5) is 16.1. The molecule has 4 nitrogen and oxygen atoms in total. The van der Waals surface area contributed by atoms with E-state index in [1.165, 1.54) is 5.56 Å². The van der Waals surface area contributed by atoms with Crippen LogP contribution in [0, 0.1) is 0 Å². The number of nitrogens with zero attached hydrogens (tertiary/aromatic N) is 2. The molecule has 1 atom stereocenters. The molecular formula is C16H25N3O. The first-order valence-electron chi connectivity index (χ1n) is 7.36. The van der Waals surface area contributed by atoms with Crippen molar-refractivity contribution in [2.75, 3.05) is 39.8 Å². The molecule has 20 heavy (non-hydrogen) atoms. The Balaban J connectivity index is 1.98. The third kappa shape index (κ3) is 4.62. The van der Waals surface area contributed by atoms with Crippen molar-refractivity contribution in [1.82, 2.24) is 15.1 Å². The maximum absolute atomic E-state index is 11.2. The van der Waals surface area contributed by atoms with Crippen LogP contribution < -0.4 is 5.32 Å². The van der Waals surface area contributed by atoms with E-state index in [2.05, 4.69) is 46.4 Å². The normalized spacial score (nSPS) is 18.7. The van der Waals surface area contributed by atoms with E-state index >= 15 is 0 Å². The molecule has 0 bridgehead atoms. The molecule has 1 aliphatic rings. The Labute approximate surface area is 121 Å². The number of benzene rings is 1. The van der Waals surface area contributed by atoms with Crippen LogP contribution in [0.4, 0.5) is 0 Å². The molecular weight excluding hydrogens is 250 g/mol. The Morgan fingerprint density at radius 2 is 1.85 bits per heavy atom. The van der Waals surface area contributed by atoms with E-state index in [0.717, 1.165) is 39.1 Å². The van der Waals surface area contributed by atoms with Crippen molar-refractivity contribution in [1.29, 1.82) is 0 Å². The number of hydrogen-bond acceptors (Lipinski definition) is 3. The predicted molar refractivity (Wildman–Crippen MR) is 81.7 cm³/mol. The van der Waals surface area contributed by atoms with E-state index in [1.54, 1.807) is 6.92 Å². The van der Waals surface area contributed by atoms with E-state index in [-0.39, 0.29) is 5.91 Å². The Morgan fingerprint density at radius 3 is 2.45 bits per heavy atom. The fourth-order valence-corrected chi connectivity index (χ4v) is 2.67. The lowest BCUT2D eigenvalue weighted by atomic mass is 10.0. The monoisotopic (exact) mass is 275 g/mol. The predicted octanol–water partition coefficient (Wildman–Crippen LogP) is 0.981. The zero-order valence-corrected chi connectivity index (χ0v) is 12.5. The van der Waals surface area contributed by atoms with E-state index in [0.29, 0.717) is 6.04 Å². The van der Waals surface area contributed by atoms with Gasteiger partial charge in [-0.05, 0) is 19.0 Å². The Hall–Kier alpha value is -1.39. The largest absolute Gasteiger partial charge is 0.355 e. The van der Waals surface area contributed by atoms with Crippen molar-refractivity contribution in [3.8, 4) is 0 Å². The minimum absolute atomic E-state index is 0.0530. The maximum Gasteiger partial charge on any atom is 0.216 e. The third-order valence-electron chi connectivity index (χ3n) is 3.96. The van der Waals surface area contributed by atoms with Gasteiger partial charge in [0.25, 0.3) is 0 Å². The highest BCUT2D eigenvalue weighted by Gasteiger charge is 2.22. The summed E-state index contributed by atoms with van der Waals surface area (Å²) < 4.78 is 0. The lowest BCUT2D eigenvalue weighted by molar-refractivity contribution is -0.119. The molecule has 110 valence electrons. The lowest BCUT2D eigenvalue weighted by Gasteiger charge is -2.38. The number of carbonyl (C=O) groups excluding carboxylic acids is 1. The molecule has 2 rings (SSSR count). The number of hydrogen-bond donors (Lipinski definition) is 1. The van der Waals surface area contributed by atoms with Crippen molar-refractivity contribution in [3.05, 3.63) is 35.9 Å². The van der Waals surface area contributed by atoms with Crippen molar-refractivity contribution in [2.24, 2.45) is 0 Å². The summed E-state index contributed by atoms with van der Waals surface area (Å²) in [7, 11) is 2.16. The first-order valence-corrected chi connectivity index (χ1v) is 7.36. The minimum Gasteiger partial charge on any atom is -0.355 e. The van der Waals surface area contributed by atoms with E-state index in [1.807, 2.05) is 6.07 Å². The average molecular weight is 275 g/mol. The standard InChI is InChI=1S/C16H25N3O/c1-14(20)17-13-16(12-15-6-4-3-5-7-15)19-10-8-18(2)9-11-19/h3-7,16H,8-13H2,1-2H3,(H,17,20). The molecule has 1 aromatic carbocycles. The van der Waals surface area contributed by atoms with Gasteiger partial charge in [-0.15, -0.1) is 0 Å². The highest BCUT2D eigenvalue weighted by atomic mass is 16.1. The van der Waals surface area contributed by atoms with Crippen LogP contribution in [0.5, 0.6) is 0 Å². The van der Waals surface area contributed by atoms with Gasteiger partial charge < -0.3 is 10.2 Å². The molecule has 1 saturated heterocycles. The van der Waals surface area contributed by atoms with Gasteiger partial charge in [-0.25, -0.2) is 0 Å². The van der Waals surface area contributed by atoms with Gasteiger partial charge in [-0.2, -0.15) is 0 Å². The number of likely N-dealkylation sites (N-methyl/N-ethyl adjacent to an activating group) is 1. The van der Waals surface area contributed by atoms with Gasteiger partial charge in [0.1, 0.15) is 0 Å². The Morgan fingerprint density at radius 1 is 1.20 bits per heavy atom. The van der Waals surface area contributed by atoms with Gasteiger partial charge in [-0.1, -0.05) is 30.3 Å². The van der Waals surface area contributed by atoms with E-state index < -0.39 is 0 Å². The van der Waals surface area contributed by atoms with Crippen LogP contribution in [0.3, 0.4) is 0 Å². The summed E-state index contributed by atoms with van der Waals surface area (Å²) in [6.45, 7) is 6.68. The quantitative estimate of drug-likeness (QED) is 0.870. The number of rotatable bonds is 5. The zero-order valence-electron chi connectivity index (χ0n) is 12.5. The van der Waals surface area contributed by atoms with Crippen molar-refractivity contribution < 1.29 is 4.79 Å². The summed E-state index contributed by atoms with van der Waals surface area (Å²) in [5.41, 5.74) is 1.33. The molecule has 1 aromatic rings. The van der Waals surface area contributed by atoms with Gasteiger partial charge in [0, 0.05) is 45.7 Å². The summed E-state index contributed by atoms with van der Waals surface area (Å²) in [6, 6.07) is 10.9. The molecule has 0 saturated carbocycles. The van der Waals surface area contributed by atoms with Gasteiger partial charge in [-0.3, -0.25) is 9.69 Å². The average Bonchev–Trinajstić information content (AvgIpc) is 2.45. The molecule has 0 aliphatic carbocycles. The van der Waals surface area contributed by atoms with Gasteiger partial charge >= 0.3 is 0 Å². The number of amides is 1. The smallest absolute Gasteiger partial charge is 0.216 e. The maximum atomic E-state index is 11.2. The first kappa shape index (κ1) is 15.0. The molecule has 1 unspecified atom stereocenters. The van der Waals surface area contributed by atoms with Crippen LogP contribution in [-0.4, -0.2) is 61.5 Å². The van der Waals surface area contributed by atoms with Crippen LogP contribution in [0.25, 0.3) is 0 Å². The number of nitrogens with one attached hydrogen (secondary N) is 1. The van der Waals surface area contributed by atoms with E-state index in [4.69, 9.17) is 0 Å². The number of piperazine rings is 1. The molecule has 1 aliphatic heterocycles. The summed E-state index contributed by atoms with van der Waals surface area (Å²) in [5.74, 6) is 0.0530. The summed E-state index contributed by atoms with van der Waals surface area (Å²) in [6.07, 6.45) is 0.991. The van der Waals surface area contributed by atoms with Crippen LogP contribution in [0.15, 0.2) is 30.3 Å². The third-order valence-corrected chi connectivity index (χ3v) is 3.96. The molecule has 1 heterocycles. The van der Waals surface area contributed by atoms with Crippen LogP contribution in [-0.2, 0) is 11.2 Å². The molecule has 0 radical (unpaired) electrons. The molecule has 0 aromatic heterocycles. The van der Waals surface area contributed by atoms with Gasteiger partial charge in [0.2, 0.25) is 5.91 Å². The van der Waals surface area contributed by atoms with Crippen molar-refractivity contribution in [2.45, 2.75) is 19.4 Å². The molecule has 1 N–H and O–H groups in total. The summed E-state index contributed by atoms with van der Waals surface area (Å²) in [5, 5.41) is 2.98. The van der Waals surface area contributed by atoms with E-state index in [9.17, 15) is 4.79 Å². The van der Waals surface area contributed by atoms with Crippen LogP contribution >= 0.6 is 0 Å². The second-order valence-electron chi connectivity index (χ2n) is 5.62. The fourth-order valence-electron chi connectivity index (χ4n) is 2.67. The second-order valence-corrected chi connectivity index (χ2v) is 5.62. The Kier molecular flexibility index (Phi) is 5.56. The van der Waals surface area contributed by atoms with Crippen molar-refractivity contribution in [3.63, 3.8) is 0 Å². The fraction of sp³-hybridized carbons (Fsp3) is 0.562. The second kappa shape index (κ2) is 7.41. The topological polar surface area (TPSA) is 35.6 Å². The Bertz CT molecular complexity index is 413. The van der Waals surface area contributed by atoms with Crippen LogP contribution in [0.2, 0.25) is 0 Å². The summed E-state index contributed by atoms with van der Waals surface area (Å²) >= 11 is 0. The highest BCUT2D eigenvalue weighted by molar-refractivity contribution is 5.72. The molecule has 0 spiro atoms. The molecule has 4 heteroatoms. The highest BCUT2D eigenvalue weighted by Crippen LogP contribution is 2.11. The van der Waals surface area contributed by atoms with Crippen molar-refractivity contribution >= 4 is 5.91 Å². The molecule has 1 fully saturated rings. The molecule has 1 amide bonds. The first-order chi connectivity index (χ1) is 9.65. The lowest BCUT2D eigenvalue weighted by Crippen LogP contribution is -2.53. The SMILES string of the molecule is CC(=O)NCC(Cc1ccccc1)N1CCN(C)CC1.